The molecule has 0 aromatic heterocycles. The Hall–Kier alpha value is -1.84. The summed E-state index contributed by atoms with van der Waals surface area (Å²) >= 11 is 6.07. The van der Waals surface area contributed by atoms with Crippen molar-refractivity contribution in [1.29, 1.82) is 0 Å². The van der Waals surface area contributed by atoms with E-state index >= 15 is 0 Å². The number of para-hydroxylation sites is 1. The van der Waals surface area contributed by atoms with Crippen LogP contribution in [0.5, 0.6) is 5.75 Å². The second-order valence-corrected chi connectivity index (χ2v) is 4.60. The number of aldehydes is 1. The molecule has 104 valence electrons. The van der Waals surface area contributed by atoms with E-state index in [1.54, 1.807) is 19.2 Å². The standard InChI is InChI=1S/C16H15ClO3/c1-19-8-9-20-16-5-3-2-4-14(16)12-6-7-13(11-18)15(17)10-12/h2-7,10-11H,8-9H2,1H3. The maximum Gasteiger partial charge on any atom is 0.151 e. The van der Waals surface area contributed by atoms with Crippen molar-refractivity contribution in [3.8, 4) is 16.9 Å². The summed E-state index contributed by atoms with van der Waals surface area (Å²) in [7, 11) is 1.63. The van der Waals surface area contributed by atoms with Crippen molar-refractivity contribution in [1.82, 2.24) is 0 Å². The zero-order valence-corrected chi connectivity index (χ0v) is 11.9. The van der Waals surface area contributed by atoms with Gasteiger partial charge in [-0.25, -0.2) is 0 Å². The van der Waals surface area contributed by atoms with Crippen LogP contribution in [-0.4, -0.2) is 26.6 Å². The lowest BCUT2D eigenvalue weighted by Gasteiger charge is -2.12. The van der Waals surface area contributed by atoms with E-state index in [1.165, 1.54) is 0 Å². The van der Waals surface area contributed by atoms with Gasteiger partial charge in [-0.2, -0.15) is 0 Å². The molecule has 0 unspecified atom stereocenters. The molecule has 20 heavy (non-hydrogen) atoms. The second-order valence-electron chi connectivity index (χ2n) is 4.19. The number of carbonyl (C=O) groups excluding carboxylic acids is 1. The Morgan fingerprint density at radius 1 is 1.15 bits per heavy atom. The van der Waals surface area contributed by atoms with Crippen molar-refractivity contribution in [2.24, 2.45) is 0 Å². The molecule has 0 bridgehead atoms. The molecule has 2 aromatic carbocycles. The molecule has 0 saturated heterocycles. The average molecular weight is 291 g/mol. The van der Waals surface area contributed by atoms with E-state index in [0.717, 1.165) is 23.2 Å². The fourth-order valence-corrected chi connectivity index (χ4v) is 2.08. The molecule has 2 rings (SSSR count). The highest BCUT2D eigenvalue weighted by atomic mass is 35.5. The summed E-state index contributed by atoms with van der Waals surface area (Å²) in [6.07, 6.45) is 0.743. The van der Waals surface area contributed by atoms with Crippen LogP contribution in [0.1, 0.15) is 10.4 Å². The summed E-state index contributed by atoms with van der Waals surface area (Å²) in [5, 5.41) is 0.434. The van der Waals surface area contributed by atoms with Gasteiger partial charge in [-0.15, -0.1) is 0 Å². The van der Waals surface area contributed by atoms with Crippen LogP contribution in [0, 0.1) is 0 Å². The van der Waals surface area contributed by atoms with Gasteiger partial charge in [0, 0.05) is 18.2 Å². The average Bonchev–Trinajstić information content (AvgIpc) is 2.48. The van der Waals surface area contributed by atoms with Crippen LogP contribution in [0.2, 0.25) is 5.02 Å². The number of rotatable bonds is 6. The lowest BCUT2D eigenvalue weighted by atomic mass is 10.0. The third-order valence-electron chi connectivity index (χ3n) is 2.87. The molecule has 2 aromatic rings. The Bertz CT molecular complexity index is 596. The van der Waals surface area contributed by atoms with Crippen molar-refractivity contribution >= 4 is 17.9 Å². The van der Waals surface area contributed by atoms with Gasteiger partial charge in [-0.1, -0.05) is 35.9 Å². The Labute approximate surface area is 123 Å². The molecule has 0 spiro atoms. The molecule has 0 aliphatic rings. The van der Waals surface area contributed by atoms with Gasteiger partial charge in [0.2, 0.25) is 0 Å². The zero-order valence-electron chi connectivity index (χ0n) is 11.1. The Morgan fingerprint density at radius 3 is 2.65 bits per heavy atom. The molecular formula is C16H15ClO3. The van der Waals surface area contributed by atoms with Gasteiger partial charge in [0.15, 0.2) is 6.29 Å². The lowest BCUT2D eigenvalue weighted by molar-refractivity contribution is 0.112. The normalized spacial score (nSPS) is 10.3. The summed E-state index contributed by atoms with van der Waals surface area (Å²) in [6, 6.07) is 13.0. The van der Waals surface area contributed by atoms with Gasteiger partial charge < -0.3 is 9.47 Å². The van der Waals surface area contributed by atoms with E-state index in [0.29, 0.717) is 23.8 Å². The number of ether oxygens (including phenoxy) is 2. The number of halogens is 1. The van der Waals surface area contributed by atoms with Crippen LogP contribution >= 0.6 is 11.6 Å². The van der Waals surface area contributed by atoms with Gasteiger partial charge in [-0.05, 0) is 23.8 Å². The maximum absolute atomic E-state index is 10.8. The van der Waals surface area contributed by atoms with Gasteiger partial charge in [0.1, 0.15) is 12.4 Å². The van der Waals surface area contributed by atoms with Gasteiger partial charge >= 0.3 is 0 Å². The van der Waals surface area contributed by atoms with E-state index < -0.39 is 0 Å². The highest BCUT2D eigenvalue weighted by Crippen LogP contribution is 2.32. The van der Waals surface area contributed by atoms with Crippen molar-refractivity contribution < 1.29 is 14.3 Å². The molecule has 0 atom stereocenters. The smallest absolute Gasteiger partial charge is 0.151 e. The molecule has 4 heteroatoms. The minimum Gasteiger partial charge on any atom is -0.491 e. The molecule has 0 aliphatic heterocycles. The fourth-order valence-electron chi connectivity index (χ4n) is 1.86. The maximum atomic E-state index is 10.8. The molecule has 0 fully saturated rings. The minimum absolute atomic E-state index is 0.434. The summed E-state index contributed by atoms with van der Waals surface area (Å²) in [6.45, 7) is 1.01. The Morgan fingerprint density at radius 2 is 1.95 bits per heavy atom. The van der Waals surface area contributed by atoms with E-state index in [2.05, 4.69) is 0 Å². The first kappa shape index (κ1) is 14.6. The topological polar surface area (TPSA) is 35.5 Å². The summed E-state index contributed by atoms with van der Waals surface area (Å²) in [4.78, 5) is 10.8. The highest BCUT2D eigenvalue weighted by Gasteiger charge is 2.08. The van der Waals surface area contributed by atoms with E-state index in [1.807, 2.05) is 30.3 Å². The van der Waals surface area contributed by atoms with E-state index in [9.17, 15) is 4.79 Å². The van der Waals surface area contributed by atoms with Crippen molar-refractivity contribution in [2.75, 3.05) is 20.3 Å². The Kier molecular flexibility index (Phi) is 5.16. The predicted octanol–water partition coefficient (Wildman–Crippen LogP) is 3.84. The second kappa shape index (κ2) is 7.08. The number of carbonyl (C=O) groups is 1. The van der Waals surface area contributed by atoms with Crippen LogP contribution in [0.4, 0.5) is 0 Å². The molecule has 0 radical (unpaired) electrons. The highest BCUT2D eigenvalue weighted by molar-refractivity contribution is 6.33. The quantitative estimate of drug-likeness (QED) is 0.599. The zero-order chi connectivity index (χ0) is 14.4. The van der Waals surface area contributed by atoms with Crippen molar-refractivity contribution in [2.45, 2.75) is 0 Å². The van der Waals surface area contributed by atoms with Crippen LogP contribution < -0.4 is 4.74 Å². The first-order valence-electron chi connectivity index (χ1n) is 6.22. The van der Waals surface area contributed by atoms with Crippen molar-refractivity contribution in [3.63, 3.8) is 0 Å². The van der Waals surface area contributed by atoms with Crippen molar-refractivity contribution in [3.05, 3.63) is 53.1 Å². The SMILES string of the molecule is COCCOc1ccccc1-c1ccc(C=O)c(Cl)c1. The van der Waals surface area contributed by atoms with Gasteiger partial charge in [-0.3, -0.25) is 4.79 Å². The molecule has 0 saturated carbocycles. The van der Waals surface area contributed by atoms with E-state index in [-0.39, 0.29) is 0 Å². The molecule has 0 amide bonds. The molecular weight excluding hydrogens is 276 g/mol. The first-order valence-corrected chi connectivity index (χ1v) is 6.60. The third kappa shape index (κ3) is 3.38. The lowest BCUT2D eigenvalue weighted by Crippen LogP contribution is -2.05. The van der Waals surface area contributed by atoms with Crippen LogP contribution in [0.3, 0.4) is 0 Å². The number of benzene rings is 2. The molecule has 0 N–H and O–H groups in total. The third-order valence-corrected chi connectivity index (χ3v) is 3.20. The first-order chi connectivity index (χ1) is 9.76. The summed E-state index contributed by atoms with van der Waals surface area (Å²) in [5.74, 6) is 0.763. The fraction of sp³-hybridized carbons (Fsp3) is 0.188. The predicted molar refractivity (Wildman–Crippen MR) is 79.6 cm³/mol. The Balaban J connectivity index is 2.32. The molecule has 0 heterocycles. The van der Waals surface area contributed by atoms with Crippen LogP contribution in [0.25, 0.3) is 11.1 Å². The van der Waals surface area contributed by atoms with Gasteiger partial charge in [0.05, 0.1) is 11.6 Å². The largest absolute Gasteiger partial charge is 0.491 e. The monoisotopic (exact) mass is 290 g/mol. The van der Waals surface area contributed by atoms with Gasteiger partial charge in [0.25, 0.3) is 0 Å². The van der Waals surface area contributed by atoms with E-state index in [4.69, 9.17) is 21.1 Å². The minimum atomic E-state index is 0.434. The van der Waals surface area contributed by atoms with Crippen LogP contribution in [-0.2, 0) is 4.74 Å². The summed E-state index contributed by atoms with van der Waals surface area (Å²) in [5.41, 5.74) is 2.32. The molecule has 3 nitrogen and oxygen atoms in total. The summed E-state index contributed by atoms with van der Waals surface area (Å²) < 4.78 is 10.7. The number of methoxy groups -OCH3 is 1. The van der Waals surface area contributed by atoms with Crippen LogP contribution in [0.15, 0.2) is 42.5 Å². The number of hydrogen-bond acceptors (Lipinski definition) is 3. The molecule has 0 aliphatic carbocycles. The number of hydrogen-bond donors (Lipinski definition) is 0.